The van der Waals surface area contributed by atoms with E-state index in [0.29, 0.717) is 16.8 Å². The standard InChI is InChI=1S/C26H28N4O2/c1-19-9-11-23(12-10-19)30(26(32)20-13-16-27-17-14-20)24(21-6-5-15-28-18-21)25(31)29-22-7-3-2-4-8-22/h5-6,9-18,22,24H,2-4,7-8H2,1H3,(H,29,31). The quantitative estimate of drug-likeness (QED) is 0.622. The van der Waals surface area contributed by atoms with Gasteiger partial charge in [0.1, 0.15) is 6.04 Å². The van der Waals surface area contributed by atoms with Gasteiger partial charge in [-0.3, -0.25) is 24.5 Å². The van der Waals surface area contributed by atoms with E-state index in [-0.39, 0.29) is 17.9 Å². The van der Waals surface area contributed by atoms with Gasteiger partial charge in [0.25, 0.3) is 5.91 Å². The summed E-state index contributed by atoms with van der Waals surface area (Å²) in [6.45, 7) is 1.99. The largest absolute Gasteiger partial charge is 0.351 e. The van der Waals surface area contributed by atoms with Crippen LogP contribution in [0.4, 0.5) is 5.69 Å². The Labute approximate surface area is 188 Å². The summed E-state index contributed by atoms with van der Waals surface area (Å²) in [6.07, 6.45) is 11.9. The van der Waals surface area contributed by atoms with E-state index in [1.807, 2.05) is 37.3 Å². The SMILES string of the molecule is Cc1ccc(N(C(=O)c2ccncc2)C(C(=O)NC2CCCCC2)c2cccnc2)cc1. The zero-order chi connectivity index (χ0) is 22.3. The van der Waals surface area contributed by atoms with Crippen molar-refractivity contribution in [2.24, 2.45) is 0 Å². The second kappa shape index (κ2) is 10.2. The maximum atomic E-state index is 13.7. The number of nitrogens with one attached hydrogen (secondary N) is 1. The van der Waals surface area contributed by atoms with Crippen LogP contribution in [0.25, 0.3) is 0 Å². The van der Waals surface area contributed by atoms with Crippen molar-refractivity contribution in [2.75, 3.05) is 4.90 Å². The van der Waals surface area contributed by atoms with Gasteiger partial charge in [-0.25, -0.2) is 0 Å². The maximum Gasteiger partial charge on any atom is 0.259 e. The molecule has 1 aliphatic rings. The van der Waals surface area contributed by atoms with Crippen LogP contribution >= 0.6 is 0 Å². The first-order chi connectivity index (χ1) is 15.6. The van der Waals surface area contributed by atoms with Gasteiger partial charge in [0.15, 0.2) is 0 Å². The van der Waals surface area contributed by atoms with Crippen LogP contribution in [0.1, 0.15) is 59.6 Å². The summed E-state index contributed by atoms with van der Waals surface area (Å²) in [6, 6.07) is 13.9. The van der Waals surface area contributed by atoms with Crippen molar-refractivity contribution in [3.05, 3.63) is 90.0 Å². The number of aryl methyl sites for hydroxylation is 1. The number of benzene rings is 1. The Morgan fingerprint density at radius 1 is 0.938 bits per heavy atom. The molecule has 1 aliphatic carbocycles. The number of aromatic nitrogens is 2. The fourth-order valence-electron chi connectivity index (χ4n) is 4.20. The highest BCUT2D eigenvalue weighted by Crippen LogP contribution is 2.30. The minimum Gasteiger partial charge on any atom is -0.351 e. The molecule has 164 valence electrons. The van der Waals surface area contributed by atoms with Gasteiger partial charge in [0, 0.05) is 47.6 Å². The van der Waals surface area contributed by atoms with Crippen molar-refractivity contribution >= 4 is 17.5 Å². The van der Waals surface area contributed by atoms with Gasteiger partial charge in [-0.15, -0.1) is 0 Å². The normalized spacial score (nSPS) is 15.0. The fraction of sp³-hybridized carbons (Fsp3) is 0.308. The molecule has 6 heteroatoms. The highest BCUT2D eigenvalue weighted by molar-refractivity contribution is 6.10. The lowest BCUT2D eigenvalue weighted by molar-refractivity contribution is -0.123. The molecule has 1 saturated carbocycles. The summed E-state index contributed by atoms with van der Waals surface area (Å²) in [5.41, 5.74) is 2.88. The number of amides is 2. The average molecular weight is 429 g/mol. The third kappa shape index (κ3) is 5.02. The molecule has 2 aromatic heterocycles. The van der Waals surface area contributed by atoms with E-state index in [4.69, 9.17) is 0 Å². The van der Waals surface area contributed by atoms with Crippen LogP contribution < -0.4 is 10.2 Å². The van der Waals surface area contributed by atoms with Crippen molar-refractivity contribution in [1.29, 1.82) is 0 Å². The van der Waals surface area contributed by atoms with Gasteiger partial charge >= 0.3 is 0 Å². The fourth-order valence-corrected chi connectivity index (χ4v) is 4.20. The predicted octanol–water partition coefficient (Wildman–Crippen LogP) is 4.62. The van der Waals surface area contributed by atoms with E-state index in [9.17, 15) is 9.59 Å². The van der Waals surface area contributed by atoms with Crippen LogP contribution in [0.5, 0.6) is 0 Å². The number of carbonyl (C=O) groups is 2. The molecule has 0 bridgehead atoms. The summed E-state index contributed by atoms with van der Waals surface area (Å²) in [7, 11) is 0. The first-order valence-electron chi connectivity index (χ1n) is 11.1. The molecule has 3 aromatic rings. The molecular formula is C26H28N4O2. The Balaban J connectivity index is 1.77. The maximum absolute atomic E-state index is 13.7. The van der Waals surface area contributed by atoms with Gasteiger partial charge in [0.05, 0.1) is 0 Å². The lowest BCUT2D eigenvalue weighted by Gasteiger charge is -2.33. The molecule has 4 rings (SSSR count). The third-order valence-corrected chi connectivity index (χ3v) is 5.92. The Hall–Kier alpha value is -3.54. The van der Waals surface area contributed by atoms with Gasteiger partial charge in [-0.05, 0) is 50.1 Å². The molecular weight excluding hydrogens is 400 g/mol. The van der Waals surface area contributed by atoms with Gasteiger partial charge in [0.2, 0.25) is 5.91 Å². The second-order valence-electron chi connectivity index (χ2n) is 8.28. The Kier molecular flexibility index (Phi) is 6.90. The van der Waals surface area contributed by atoms with Crippen molar-refractivity contribution in [1.82, 2.24) is 15.3 Å². The number of anilines is 1. The predicted molar refractivity (Wildman–Crippen MR) is 124 cm³/mol. The van der Waals surface area contributed by atoms with E-state index in [0.717, 1.165) is 31.2 Å². The number of nitrogens with zero attached hydrogens (tertiary/aromatic N) is 3. The minimum absolute atomic E-state index is 0.131. The van der Waals surface area contributed by atoms with E-state index in [1.54, 1.807) is 47.9 Å². The van der Waals surface area contributed by atoms with Crippen LogP contribution in [-0.2, 0) is 4.79 Å². The van der Waals surface area contributed by atoms with E-state index < -0.39 is 6.04 Å². The Bertz CT molecular complexity index is 1030. The molecule has 2 amide bonds. The van der Waals surface area contributed by atoms with Crippen LogP contribution in [0.15, 0.2) is 73.3 Å². The summed E-state index contributed by atoms with van der Waals surface area (Å²) in [4.78, 5) is 37.3. The highest BCUT2D eigenvalue weighted by atomic mass is 16.2. The smallest absolute Gasteiger partial charge is 0.259 e. The highest BCUT2D eigenvalue weighted by Gasteiger charge is 2.34. The van der Waals surface area contributed by atoms with Crippen LogP contribution in [0.2, 0.25) is 0 Å². The lowest BCUT2D eigenvalue weighted by Crippen LogP contribution is -2.47. The topological polar surface area (TPSA) is 75.2 Å². The first kappa shape index (κ1) is 21.7. The number of hydrogen-bond acceptors (Lipinski definition) is 4. The number of rotatable bonds is 6. The second-order valence-corrected chi connectivity index (χ2v) is 8.28. The molecule has 1 aromatic carbocycles. The van der Waals surface area contributed by atoms with Crippen molar-refractivity contribution in [2.45, 2.75) is 51.1 Å². The monoisotopic (exact) mass is 428 g/mol. The zero-order valence-electron chi connectivity index (χ0n) is 18.3. The molecule has 0 radical (unpaired) electrons. The molecule has 1 N–H and O–H groups in total. The van der Waals surface area contributed by atoms with Crippen LogP contribution in [0.3, 0.4) is 0 Å². The van der Waals surface area contributed by atoms with Crippen molar-refractivity contribution in [3.8, 4) is 0 Å². The molecule has 0 aliphatic heterocycles. The van der Waals surface area contributed by atoms with Gasteiger partial charge in [-0.1, -0.05) is 43.0 Å². The Morgan fingerprint density at radius 3 is 2.31 bits per heavy atom. The molecule has 1 atom stereocenters. The number of pyridine rings is 2. The van der Waals surface area contributed by atoms with E-state index in [2.05, 4.69) is 15.3 Å². The minimum atomic E-state index is -0.839. The molecule has 0 saturated heterocycles. The molecule has 6 nitrogen and oxygen atoms in total. The molecule has 0 spiro atoms. The lowest BCUT2D eigenvalue weighted by atomic mass is 9.94. The number of carbonyl (C=O) groups excluding carboxylic acids is 2. The van der Waals surface area contributed by atoms with Gasteiger partial charge in [-0.2, -0.15) is 0 Å². The summed E-state index contributed by atoms with van der Waals surface area (Å²) in [5, 5.41) is 3.21. The summed E-state index contributed by atoms with van der Waals surface area (Å²) in [5.74, 6) is -0.447. The average Bonchev–Trinajstić information content (AvgIpc) is 2.84. The molecule has 2 heterocycles. The number of hydrogen-bond donors (Lipinski definition) is 1. The van der Waals surface area contributed by atoms with E-state index >= 15 is 0 Å². The molecule has 32 heavy (non-hydrogen) atoms. The zero-order valence-corrected chi connectivity index (χ0v) is 18.3. The van der Waals surface area contributed by atoms with Gasteiger partial charge < -0.3 is 5.32 Å². The summed E-state index contributed by atoms with van der Waals surface area (Å²) >= 11 is 0. The van der Waals surface area contributed by atoms with Crippen molar-refractivity contribution in [3.63, 3.8) is 0 Å². The summed E-state index contributed by atoms with van der Waals surface area (Å²) < 4.78 is 0. The van der Waals surface area contributed by atoms with Crippen LogP contribution in [0, 0.1) is 6.92 Å². The first-order valence-corrected chi connectivity index (χ1v) is 11.1. The Morgan fingerprint density at radius 2 is 1.66 bits per heavy atom. The van der Waals surface area contributed by atoms with Crippen molar-refractivity contribution < 1.29 is 9.59 Å². The third-order valence-electron chi connectivity index (χ3n) is 5.92. The molecule has 1 unspecified atom stereocenters. The van der Waals surface area contributed by atoms with Crippen LogP contribution in [-0.4, -0.2) is 27.8 Å². The molecule has 1 fully saturated rings. The van der Waals surface area contributed by atoms with E-state index in [1.165, 1.54) is 6.42 Å².